The van der Waals surface area contributed by atoms with E-state index in [0.29, 0.717) is 16.5 Å². The van der Waals surface area contributed by atoms with Crippen LogP contribution in [-0.4, -0.2) is 30.1 Å². The smallest absolute Gasteiger partial charge is 0.341 e. The number of thioether (sulfide) groups is 1. The van der Waals surface area contributed by atoms with Gasteiger partial charge in [0.25, 0.3) is 0 Å². The van der Waals surface area contributed by atoms with Gasteiger partial charge in [-0.3, -0.25) is 9.59 Å². The van der Waals surface area contributed by atoms with Crippen LogP contribution in [0.2, 0.25) is 0 Å². The van der Waals surface area contributed by atoms with Crippen LogP contribution in [-0.2, 0) is 27.2 Å². The van der Waals surface area contributed by atoms with Crippen LogP contribution in [0.1, 0.15) is 87.0 Å². The summed E-state index contributed by atoms with van der Waals surface area (Å²) in [5.74, 6) is 0.145. The molecule has 1 heterocycles. The van der Waals surface area contributed by atoms with Gasteiger partial charge in [0, 0.05) is 21.4 Å². The van der Waals surface area contributed by atoms with E-state index in [4.69, 9.17) is 4.74 Å². The van der Waals surface area contributed by atoms with Gasteiger partial charge in [-0.2, -0.15) is 0 Å². The molecule has 0 saturated heterocycles. The third-order valence-corrected chi connectivity index (χ3v) is 10.1. The lowest BCUT2D eigenvalue weighted by molar-refractivity contribution is -0.120. The van der Waals surface area contributed by atoms with Crippen molar-refractivity contribution in [3.63, 3.8) is 0 Å². The average Bonchev–Trinajstić information content (AvgIpc) is 3.25. The first-order valence-corrected chi connectivity index (χ1v) is 15.4. The minimum Gasteiger partial charge on any atom is -0.465 e. The van der Waals surface area contributed by atoms with Crippen LogP contribution in [0.4, 0.5) is 10.7 Å². The second kappa shape index (κ2) is 12.2. The number of anilines is 2. The first kappa shape index (κ1) is 28.7. The number of rotatable bonds is 7. The predicted octanol–water partition coefficient (Wildman–Crippen LogP) is 7.32. The van der Waals surface area contributed by atoms with E-state index in [2.05, 4.69) is 31.4 Å². The second-order valence-electron chi connectivity index (χ2n) is 11.6. The van der Waals surface area contributed by atoms with Gasteiger partial charge in [-0.1, -0.05) is 46.1 Å². The molecule has 2 N–H and O–H groups in total. The summed E-state index contributed by atoms with van der Waals surface area (Å²) in [6.45, 7) is 8.63. The minimum atomic E-state index is -0.397. The molecule has 206 valence electrons. The number of hydrogen-bond acceptors (Lipinski definition) is 6. The van der Waals surface area contributed by atoms with Gasteiger partial charge < -0.3 is 15.4 Å². The van der Waals surface area contributed by atoms with Gasteiger partial charge >= 0.3 is 5.97 Å². The number of amides is 2. The van der Waals surface area contributed by atoms with E-state index in [9.17, 15) is 14.4 Å². The van der Waals surface area contributed by atoms with Gasteiger partial charge in [0.15, 0.2) is 0 Å². The van der Waals surface area contributed by atoms with E-state index in [-0.39, 0.29) is 23.1 Å². The van der Waals surface area contributed by atoms with E-state index in [1.54, 1.807) is 0 Å². The molecule has 2 aliphatic carbocycles. The molecule has 0 spiro atoms. The Morgan fingerprint density at radius 2 is 1.82 bits per heavy atom. The van der Waals surface area contributed by atoms with E-state index in [0.717, 1.165) is 61.1 Å². The maximum absolute atomic E-state index is 13.2. The van der Waals surface area contributed by atoms with Crippen LogP contribution in [0, 0.1) is 17.3 Å². The van der Waals surface area contributed by atoms with Crippen molar-refractivity contribution in [1.82, 2.24) is 0 Å². The van der Waals surface area contributed by atoms with Crippen LogP contribution in [0.5, 0.6) is 0 Å². The highest BCUT2D eigenvalue weighted by atomic mass is 32.2. The fourth-order valence-electron chi connectivity index (χ4n) is 5.46. The van der Waals surface area contributed by atoms with Crippen LogP contribution in [0.15, 0.2) is 29.2 Å². The van der Waals surface area contributed by atoms with E-state index in [1.165, 1.54) is 41.5 Å². The Balaban J connectivity index is 1.43. The van der Waals surface area contributed by atoms with Crippen molar-refractivity contribution < 1.29 is 19.1 Å². The highest BCUT2D eigenvalue weighted by Gasteiger charge is 2.34. The maximum Gasteiger partial charge on any atom is 0.341 e. The Hall–Kier alpha value is -2.32. The van der Waals surface area contributed by atoms with E-state index >= 15 is 0 Å². The predicted molar refractivity (Wildman–Crippen MR) is 156 cm³/mol. The average molecular weight is 557 g/mol. The number of methoxy groups -OCH3 is 1. The lowest BCUT2D eigenvalue weighted by atomic mass is 9.72. The highest BCUT2D eigenvalue weighted by Crippen LogP contribution is 2.44. The van der Waals surface area contributed by atoms with Gasteiger partial charge in [0.05, 0.1) is 17.9 Å². The van der Waals surface area contributed by atoms with Gasteiger partial charge in [-0.05, 0) is 74.1 Å². The second-order valence-corrected chi connectivity index (χ2v) is 14.1. The molecule has 2 aliphatic rings. The van der Waals surface area contributed by atoms with Gasteiger partial charge in [0.1, 0.15) is 5.00 Å². The molecule has 4 rings (SSSR count). The number of hydrogen-bond donors (Lipinski definition) is 2. The normalized spacial score (nSPS) is 18.8. The molecule has 2 amide bonds. The van der Waals surface area contributed by atoms with E-state index < -0.39 is 11.2 Å². The molecule has 2 aromatic rings. The number of esters is 1. The molecule has 0 radical (unpaired) electrons. The largest absolute Gasteiger partial charge is 0.465 e. The highest BCUT2D eigenvalue weighted by molar-refractivity contribution is 8.00. The Labute approximate surface area is 234 Å². The zero-order valence-electron chi connectivity index (χ0n) is 23.1. The lowest BCUT2D eigenvalue weighted by Crippen LogP contribution is -2.26. The van der Waals surface area contributed by atoms with Crippen molar-refractivity contribution in [3.05, 3.63) is 40.3 Å². The van der Waals surface area contributed by atoms with Crippen LogP contribution < -0.4 is 10.6 Å². The molecule has 2 atom stereocenters. The summed E-state index contributed by atoms with van der Waals surface area (Å²) >= 11 is 2.94. The molecule has 38 heavy (non-hydrogen) atoms. The van der Waals surface area contributed by atoms with Crippen molar-refractivity contribution in [3.8, 4) is 0 Å². The van der Waals surface area contributed by atoms with Gasteiger partial charge in [-0.25, -0.2) is 4.79 Å². The number of carbonyl (C=O) groups excluding carboxylic acids is 3. The Bertz CT molecular complexity index is 1180. The topological polar surface area (TPSA) is 84.5 Å². The van der Waals surface area contributed by atoms with Crippen LogP contribution in [0.25, 0.3) is 0 Å². The molecular formula is C30H40N2O4S2. The molecule has 0 bridgehead atoms. The standard InChI is InChI=1S/C30H40N2O4S2/c1-18(37-22-13-9-12-21(17-22)31-27(34)19-10-7-6-8-11-19)26(33)32-28-25(29(35)36-5)23-15-14-20(30(2,3)4)16-24(23)38-28/h9,12-13,17-20H,6-8,10-11,14-16H2,1-5H3,(H,31,34)(H,32,33). The zero-order chi connectivity index (χ0) is 27.4. The summed E-state index contributed by atoms with van der Waals surface area (Å²) in [4.78, 5) is 40.7. The monoisotopic (exact) mass is 556 g/mol. The number of ether oxygens (including phenoxy) is 1. The third kappa shape index (κ3) is 6.81. The summed E-state index contributed by atoms with van der Waals surface area (Å²) in [6, 6.07) is 7.66. The number of thiophene rings is 1. The first-order valence-electron chi connectivity index (χ1n) is 13.7. The quantitative estimate of drug-likeness (QED) is 0.276. The summed E-state index contributed by atoms with van der Waals surface area (Å²) in [5.41, 5.74) is 2.48. The summed E-state index contributed by atoms with van der Waals surface area (Å²) in [5, 5.41) is 6.28. The molecule has 1 fully saturated rings. The number of nitrogens with one attached hydrogen (secondary N) is 2. The Morgan fingerprint density at radius 3 is 2.50 bits per heavy atom. The lowest BCUT2D eigenvalue weighted by Gasteiger charge is -2.33. The SMILES string of the molecule is COC(=O)c1c(NC(=O)C(C)Sc2cccc(NC(=O)C3CCCCC3)c2)sc2c1CCC(C(C)(C)C)C2. The third-order valence-electron chi connectivity index (χ3n) is 7.88. The fraction of sp³-hybridized carbons (Fsp3) is 0.567. The summed E-state index contributed by atoms with van der Waals surface area (Å²) in [7, 11) is 1.39. The summed E-state index contributed by atoms with van der Waals surface area (Å²) < 4.78 is 5.10. The van der Waals surface area contributed by atoms with E-state index in [1.807, 2.05) is 31.2 Å². The Kier molecular flexibility index (Phi) is 9.24. The maximum atomic E-state index is 13.2. The molecule has 1 saturated carbocycles. The molecule has 2 unspecified atom stereocenters. The summed E-state index contributed by atoms with van der Waals surface area (Å²) in [6.07, 6.45) is 8.09. The van der Waals surface area contributed by atoms with Crippen molar-refractivity contribution in [2.45, 2.75) is 89.2 Å². The van der Waals surface area contributed by atoms with Crippen molar-refractivity contribution in [2.75, 3.05) is 17.7 Å². The molecule has 8 heteroatoms. The first-order chi connectivity index (χ1) is 18.1. The zero-order valence-corrected chi connectivity index (χ0v) is 24.8. The number of benzene rings is 1. The molecular weight excluding hydrogens is 516 g/mol. The molecule has 1 aromatic carbocycles. The van der Waals surface area contributed by atoms with Crippen LogP contribution >= 0.6 is 23.1 Å². The fourth-order valence-corrected chi connectivity index (χ4v) is 7.70. The number of fused-ring (bicyclic) bond motifs is 1. The van der Waals surface area contributed by atoms with Crippen molar-refractivity contribution >= 4 is 51.6 Å². The molecule has 0 aliphatic heterocycles. The van der Waals surface area contributed by atoms with Crippen molar-refractivity contribution in [1.29, 1.82) is 0 Å². The molecule has 6 nitrogen and oxygen atoms in total. The van der Waals surface area contributed by atoms with Crippen molar-refractivity contribution in [2.24, 2.45) is 17.3 Å². The van der Waals surface area contributed by atoms with Gasteiger partial charge in [0.2, 0.25) is 11.8 Å². The molecule has 1 aromatic heterocycles. The minimum absolute atomic E-state index is 0.0864. The Morgan fingerprint density at radius 1 is 1.08 bits per heavy atom. The van der Waals surface area contributed by atoms with Gasteiger partial charge in [-0.15, -0.1) is 23.1 Å². The van der Waals surface area contributed by atoms with Crippen LogP contribution in [0.3, 0.4) is 0 Å². The number of carbonyl (C=O) groups is 3.